The summed E-state index contributed by atoms with van der Waals surface area (Å²) < 4.78 is 0. The first-order valence-electron chi connectivity index (χ1n) is 4.94. The van der Waals surface area contributed by atoms with Gasteiger partial charge in [0.2, 0.25) is 0 Å². The molecule has 0 amide bonds. The van der Waals surface area contributed by atoms with Crippen LogP contribution in [0.4, 0.5) is 11.5 Å². The van der Waals surface area contributed by atoms with Gasteiger partial charge in [-0.3, -0.25) is 0 Å². The van der Waals surface area contributed by atoms with Crippen molar-refractivity contribution in [3.8, 4) is 0 Å². The highest BCUT2D eigenvalue weighted by molar-refractivity contribution is 6.29. The maximum atomic E-state index is 5.86. The van der Waals surface area contributed by atoms with Crippen LogP contribution in [-0.2, 0) is 0 Å². The van der Waals surface area contributed by atoms with Gasteiger partial charge < -0.3 is 10.6 Å². The van der Waals surface area contributed by atoms with Crippen LogP contribution in [0.15, 0.2) is 12.1 Å². The molecule has 1 aromatic rings. The second-order valence-corrected chi connectivity index (χ2v) is 3.98. The zero-order chi connectivity index (χ0) is 9.97. The maximum Gasteiger partial charge on any atom is 0.153 e. The van der Waals surface area contributed by atoms with Gasteiger partial charge in [-0.05, 0) is 31.4 Å². The molecule has 3 nitrogen and oxygen atoms in total. The van der Waals surface area contributed by atoms with E-state index in [1.165, 1.54) is 19.3 Å². The number of nitrogen functional groups attached to an aromatic ring is 1. The number of aromatic nitrogens is 1. The molecule has 1 fully saturated rings. The number of hydrogen-bond donors (Lipinski definition) is 1. The largest absolute Gasteiger partial charge is 0.396 e. The van der Waals surface area contributed by atoms with Crippen molar-refractivity contribution in [2.24, 2.45) is 0 Å². The molecule has 1 aliphatic rings. The van der Waals surface area contributed by atoms with Crippen LogP contribution in [0, 0.1) is 0 Å². The topological polar surface area (TPSA) is 42.1 Å². The van der Waals surface area contributed by atoms with Crippen LogP contribution in [-0.4, -0.2) is 18.1 Å². The van der Waals surface area contributed by atoms with Gasteiger partial charge in [-0.2, -0.15) is 0 Å². The maximum absolute atomic E-state index is 5.86. The summed E-state index contributed by atoms with van der Waals surface area (Å²) in [5.74, 6) is 0.845. The first-order valence-corrected chi connectivity index (χ1v) is 5.32. The molecule has 0 atom stereocenters. The van der Waals surface area contributed by atoms with Crippen LogP contribution in [0.5, 0.6) is 0 Å². The molecule has 2 N–H and O–H groups in total. The van der Waals surface area contributed by atoms with E-state index < -0.39 is 0 Å². The molecule has 1 aliphatic heterocycles. The van der Waals surface area contributed by atoms with Crippen molar-refractivity contribution in [3.05, 3.63) is 17.3 Å². The van der Waals surface area contributed by atoms with Gasteiger partial charge in [0.05, 0.1) is 5.69 Å². The van der Waals surface area contributed by atoms with Crippen LogP contribution >= 0.6 is 11.6 Å². The van der Waals surface area contributed by atoms with E-state index >= 15 is 0 Å². The molecule has 0 saturated carbocycles. The molecule has 14 heavy (non-hydrogen) atoms. The Morgan fingerprint density at radius 2 is 1.93 bits per heavy atom. The third-order valence-electron chi connectivity index (χ3n) is 2.53. The Labute approximate surface area is 88.9 Å². The minimum atomic E-state index is 0.514. The Balaban J connectivity index is 2.24. The van der Waals surface area contributed by atoms with E-state index in [2.05, 4.69) is 9.88 Å². The fraction of sp³-hybridized carbons (Fsp3) is 0.500. The highest BCUT2D eigenvalue weighted by Gasteiger charge is 2.14. The summed E-state index contributed by atoms with van der Waals surface area (Å²) in [6.45, 7) is 2.08. The lowest BCUT2D eigenvalue weighted by atomic mass is 10.1. The molecular weight excluding hydrogens is 198 g/mol. The van der Waals surface area contributed by atoms with Crippen LogP contribution in [0.25, 0.3) is 0 Å². The number of hydrogen-bond acceptors (Lipinski definition) is 3. The van der Waals surface area contributed by atoms with Gasteiger partial charge in [0, 0.05) is 13.1 Å². The fourth-order valence-corrected chi connectivity index (χ4v) is 1.94. The van der Waals surface area contributed by atoms with Gasteiger partial charge in [0.15, 0.2) is 5.82 Å². The molecule has 2 heterocycles. The zero-order valence-corrected chi connectivity index (χ0v) is 8.80. The Bertz CT molecular complexity index is 321. The van der Waals surface area contributed by atoms with Crippen molar-refractivity contribution < 1.29 is 0 Å². The molecule has 0 radical (unpaired) electrons. The molecule has 0 aliphatic carbocycles. The molecule has 1 aromatic heterocycles. The number of nitrogens with two attached hydrogens (primary N) is 1. The number of anilines is 2. The van der Waals surface area contributed by atoms with Crippen LogP contribution < -0.4 is 10.6 Å². The van der Waals surface area contributed by atoms with E-state index in [9.17, 15) is 0 Å². The highest BCUT2D eigenvalue weighted by atomic mass is 35.5. The molecule has 76 valence electrons. The summed E-state index contributed by atoms with van der Waals surface area (Å²) in [6.07, 6.45) is 3.73. The number of rotatable bonds is 1. The van der Waals surface area contributed by atoms with Crippen molar-refractivity contribution in [2.75, 3.05) is 23.7 Å². The summed E-state index contributed by atoms with van der Waals surface area (Å²) in [6, 6.07) is 3.55. The third-order valence-corrected chi connectivity index (χ3v) is 2.74. The van der Waals surface area contributed by atoms with Crippen LogP contribution in [0.2, 0.25) is 5.15 Å². The zero-order valence-electron chi connectivity index (χ0n) is 8.04. The van der Waals surface area contributed by atoms with Crippen molar-refractivity contribution in [1.82, 2.24) is 4.98 Å². The van der Waals surface area contributed by atoms with Gasteiger partial charge >= 0.3 is 0 Å². The number of piperidine rings is 1. The summed E-state index contributed by atoms with van der Waals surface area (Å²) in [5, 5.41) is 0.514. The second kappa shape index (κ2) is 4.05. The molecule has 2 rings (SSSR count). The summed E-state index contributed by atoms with van der Waals surface area (Å²) in [4.78, 5) is 6.48. The molecule has 0 unspecified atom stereocenters. The normalized spacial score (nSPS) is 17.1. The summed E-state index contributed by atoms with van der Waals surface area (Å²) >= 11 is 5.84. The SMILES string of the molecule is Nc1ccc(Cl)nc1N1CCCCC1. The van der Waals surface area contributed by atoms with Gasteiger partial charge in [-0.1, -0.05) is 11.6 Å². The average molecular weight is 212 g/mol. The first kappa shape index (κ1) is 9.59. The minimum Gasteiger partial charge on any atom is -0.396 e. The number of halogens is 1. The predicted octanol–water partition coefficient (Wildman–Crippen LogP) is 2.31. The van der Waals surface area contributed by atoms with E-state index in [4.69, 9.17) is 17.3 Å². The lowest BCUT2D eigenvalue weighted by molar-refractivity contribution is 0.574. The van der Waals surface area contributed by atoms with Crippen molar-refractivity contribution in [3.63, 3.8) is 0 Å². The van der Waals surface area contributed by atoms with Gasteiger partial charge in [-0.25, -0.2) is 4.98 Å². The summed E-state index contributed by atoms with van der Waals surface area (Å²) in [5.41, 5.74) is 6.58. The average Bonchev–Trinajstić information content (AvgIpc) is 2.23. The van der Waals surface area contributed by atoms with Crippen LogP contribution in [0.3, 0.4) is 0 Å². The third kappa shape index (κ3) is 1.93. The molecular formula is C10H14ClN3. The molecule has 4 heteroatoms. The van der Waals surface area contributed by atoms with Gasteiger partial charge in [0.25, 0.3) is 0 Å². The van der Waals surface area contributed by atoms with E-state index in [0.717, 1.165) is 24.6 Å². The minimum absolute atomic E-state index is 0.514. The smallest absolute Gasteiger partial charge is 0.153 e. The first-order chi connectivity index (χ1) is 6.77. The number of pyridine rings is 1. The predicted molar refractivity (Wildman–Crippen MR) is 59.7 cm³/mol. The molecule has 0 bridgehead atoms. The molecule has 1 saturated heterocycles. The van der Waals surface area contributed by atoms with E-state index in [-0.39, 0.29) is 0 Å². The standard InChI is InChI=1S/C10H14ClN3/c11-9-5-4-8(12)10(13-9)14-6-2-1-3-7-14/h4-5H,1-3,6-7,12H2. The van der Waals surface area contributed by atoms with E-state index in [1.807, 2.05) is 6.07 Å². The van der Waals surface area contributed by atoms with Crippen LogP contribution in [0.1, 0.15) is 19.3 Å². The van der Waals surface area contributed by atoms with Crippen molar-refractivity contribution in [1.29, 1.82) is 0 Å². The Kier molecular flexibility index (Phi) is 2.77. The van der Waals surface area contributed by atoms with Gasteiger partial charge in [-0.15, -0.1) is 0 Å². The van der Waals surface area contributed by atoms with Crippen molar-refractivity contribution >= 4 is 23.1 Å². The lowest BCUT2D eigenvalue weighted by Crippen LogP contribution is -2.30. The lowest BCUT2D eigenvalue weighted by Gasteiger charge is -2.28. The summed E-state index contributed by atoms with van der Waals surface area (Å²) in [7, 11) is 0. The van der Waals surface area contributed by atoms with Crippen molar-refractivity contribution in [2.45, 2.75) is 19.3 Å². The van der Waals surface area contributed by atoms with Gasteiger partial charge in [0.1, 0.15) is 5.15 Å². The monoisotopic (exact) mass is 211 g/mol. The quantitative estimate of drug-likeness (QED) is 0.725. The number of nitrogens with zero attached hydrogens (tertiary/aromatic N) is 2. The second-order valence-electron chi connectivity index (χ2n) is 3.59. The van der Waals surface area contributed by atoms with E-state index in [1.54, 1.807) is 6.07 Å². The highest BCUT2D eigenvalue weighted by Crippen LogP contribution is 2.25. The molecule has 0 aromatic carbocycles. The Morgan fingerprint density at radius 3 is 2.64 bits per heavy atom. The Morgan fingerprint density at radius 1 is 1.21 bits per heavy atom. The Hall–Kier alpha value is -0.960. The fourth-order valence-electron chi connectivity index (χ4n) is 1.80. The molecule has 0 spiro atoms. The van der Waals surface area contributed by atoms with E-state index in [0.29, 0.717) is 5.15 Å².